The van der Waals surface area contributed by atoms with Gasteiger partial charge in [-0.25, -0.2) is 0 Å². The molecule has 3 heteroatoms. The average Bonchev–Trinajstić information content (AvgIpc) is 2.29. The van der Waals surface area contributed by atoms with Crippen LogP contribution in [0.25, 0.3) is 0 Å². The van der Waals surface area contributed by atoms with Gasteiger partial charge < -0.3 is 10.6 Å². The zero-order valence-electron chi connectivity index (χ0n) is 9.55. The number of likely N-dealkylation sites (tertiary alicyclic amines) is 1. The van der Waals surface area contributed by atoms with E-state index in [0.29, 0.717) is 18.9 Å². The van der Waals surface area contributed by atoms with Crippen LogP contribution in [-0.2, 0) is 4.79 Å². The minimum Gasteiger partial charge on any atom is -0.336 e. The van der Waals surface area contributed by atoms with Gasteiger partial charge in [-0.15, -0.1) is 0 Å². The van der Waals surface area contributed by atoms with Gasteiger partial charge >= 0.3 is 0 Å². The molecule has 3 nitrogen and oxygen atoms in total. The SMILES string of the molecule is CC1CCC(=O)N(C(C)(C)CN)CC1. The van der Waals surface area contributed by atoms with E-state index in [4.69, 9.17) is 5.73 Å². The Bertz CT molecular complexity index is 213. The van der Waals surface area contributed by atoms with Crippen LogP contribution in [0.2, 0.25) is 0 Å². The highest BCUT2D eigenvalue weighted by Crippen LogP contribution is 2.23. The predicted molar refractivity (Wildman–Crippen MR) is 57.9 cm³/mol. The Morgan fingerprint density at radius 1 is 1.50 bits per heavy atom. The number of amides is 1. The van der Waals surface area contributed by atoms with E-state index < -0.39 is 0 Å². The summed E-state index contributed by atoms with van der Waals surface area (Å²) in [5.74, 6) is 0.933. The Balaban J connectivity index is 2.72. The lowest BCUT2D eigenvalue weighted by Gasteiger charge is -2.37. The number of hydrogen-bond acceptors (Lipinski definition) is 2. The number of carbonyl (C=O) groups excluding carboxylic acids is 1. The number of rotatable bonds is 2. The van der Waals surface area contributed by atoms with Gasteiger partial charge in [0, 0.05) is 25.0 Å². The Hall–Kier alpha value is -0.570. The first-order valence-corrected chi connectivity index (χ1v) is 5.48. The van der Waals surface area contributed by atoms with Gasteiger partial charge in [0.1, 0.15) is 0 Å². The van der Waals surface area contributed by atoms with Gasteiger partial charge in [0.15, 0.2) is 0 Å². The first kappa shape index (κ1) is 11.5. The lowest BCUT2D eigenvalue weighted by molar-refractivity contribution is -0.135. The topological polar surface area (TPSA) is 46.3 Å². The molecular weight excluding hydrogens is 176 g/mol. The first-order chi connectivity index (χ1) is 6.47. The van der Waals surface area contributed by atoms with E-state index in [9.17, 15) is 4.79 Å². The molecule has 0 aliphatic carbocycles. The van der Waals surface area contributed by atoms with Crippen molar-refractivity contribution in [1.82, 2.24) is 4.90 Å². The molecule has 1 rings (SSSR count). The Kier molecular flexibility index (Phi) is 3.53. The highest BCUT2D eigenvalue weighted by atomic mass is 16.2. The molecule has 0 spiro atoms. The molecule has 14 heavy (non-hydrogen) atoms. The van der Waals surface area contributed by atoms with Crippen LogP contribution in [-0.4, -0.2) is 29.4 Å². The fourth-order valence-corrected chi connectivity index (χ4v) is 1.87. The lowest BCUT2D eigenvalue weighted by Crippen LogP contribution is -2.52. The van der Waals surface area contributed by atoms with Crippen molar-refractivity contribution in [1.29, 1.82) is 0 Å². The minimum atomic E-state index is -0.179. The van der Waals surface area contributed by atoms with Crippen molar-refractivity contribution in [2.75, 3.05) is 13.1 Å². The predicted octanol–water partition coefficient (Wildman–Crippen LogP) is 1.37. The molecule has 1 heterocycles. The Morgan fingerprint density at radius 2 is 2.14 bits per heavy atom. The number of nitrogens with zero attached hydrogens (tertiary/aromatic N) is 1. The van der Waals surface area contributed by atoms with Gasteiger partial charge in [-0.05, 0) is 32.6 Å². The van der Waals surface area contributed by atoms with Gasteiger partial charge in [0.05, 0.1) is 0 Å². The molecule has 1 saturated heterocycles. The van der Waals surface area contributed by atoms with Crippen molar-refractivity contribution >= 4 is 5.91 Å². The van der Waals surface area contributed by atoms with Crippen LogP contribution in [0.4, 0.5) is 0 Å². The Labute approximate surface area is 86.6 Å². The van der Waals surface area contributed by atoms with E-state index in [1.54, 1.807) is 0 Å². The second kappa shape index (κ2) is 4.30. The molecule has 1 aliphatic rings. The van der Waals surface area contributed by atoms with E-state index in [0.717, 1.165) is 19.4 Å². The van der Waals surface area contributed by atoms with Crippen molar-refractivity contribution in [3.63, 3.8) is 0 Å². The van der Waals surface area contributed by atoms with Crippen LogP contribution in [0.5, 0.6) is 0 Å². The van der Waals surface area contributed by atoms with E-state index in [1.807, 2.05) is 18.7 Å². The second-order valence-electron chi connectivity index (χ2n) is 4.99. The number of nitrogens with two attached hydrogens (primary N) is 1. The summed E-state index contributed by atoms with van der Waals surface area (Å²) in [6, 6.07) is 0. The Morgan fingerprint density at radius 3 is 2.71 bits per heavy atom. The molecule has 0 bridgehead atoms. The second-order valence-corrected chi connectivity index (χ2v) is 4.99. The summed E-state index contributed by atoms with van der Waals surface area (Å²) in [5.41, 5.74) is 5.51. The van der Waals surface area contributed by atoms with Crippen molar-refractivity contribution in [2.45, 2.75) is 45.6 Å². The fourth-order valence-electron chi connectivity index (χ4n) is 1.87. The van der Waals surface area contributed by atoms with Crippen molar-refractivity contribution in [2.24, 2.45) is 11.7 Å². The standard InChI is InChI=1S/C11H22N2O/c1-9-4-5-10(14)13(7-6-9)11(2,3)8-12/h9H,4-8,12H2,1-3H3. The average molecular weight is 198 g/mol. The van der Waals surface area contributed by atoms with E-state index >= 15 is 0 Å². The summed E-state index contributed by atoms with van der Waals surface area (Å²) in [6.45, 7) is 7.70. The van der Waals surface area contributed by atoms with Gasteiger partial charge in [-0.3, -0.25) is 4.79 Å². The van der Waals surface area contributed by atoms with E-state index in [1.165, 1.54) is 0 Å². The van der Waals surface area contributed by atoms with Crippen LogP contribution in [0.1, 0.15) is 40.0 Å². The summed E-state index contributed by atoms with van der Waals surface area (Å²) in [5, 5.41) is 0. The van der Waals surface area contributed by atoms with Crippen molar-refractivity contribution in [3.8, 4) is 0 Å². The molecule has 1 fully saturated rings. The van der Waals surface area contributed by atoms with Gasteiger partial charge in [0.25, 0.3) is 0 Å². The highest BCUT2D eigenvalue weighted by molar-refractivity contribution is 5.77. The summed E-state index contributed by atoms with van der Waals surface area (Å²) >= 11 is 0. The number of hydrogen-bond donors (Lipinski definition) is 1. The third-order valence-corrected chi connectivity index (χ3v) is 3.23. The highest BCUT2D eigenvalue weighted by Gasteiger charge is 2.31. The van der Waals surface area contributed by atoms with Crippen molar-refractivity contribution < 1.29 is 4.79 Å². The zero-order chi connectivity index (χ0) is 10.8. The van der Waals surface area contributed by atoms with Crippen LogP contribution in [0.15, 0.2) is 0 Å². The summed E-state index contributed by atoms with van der Waals surface area (Å²) < 4.78 is 0. The zero-order valence-corrected chi connectivity index (χ0v) is 9.55. The molecule has 0 saturated carbocycles. The molecule has 0 aromatic rings. The minimum absolute atomic E-state index is 0.179. The maximum Gasteiger partial charge on any atom is 0.223 e. The van der Waals surface area contributed by atoms with Gasteiger partial charge in [-0.1, -0.05) is 6.92 Å². The number of carbonyl (C=O) groups is 1. The molecule has 1 aliphatic heterocycles. The van der Waals surface area contributed by atoms with Gasteiger partial charge in [-0.2, -0.15) is 0 Å². The summed E-state index contributed by atoms with van der Waals surface area (Å²) in [4.78, 5) is 13.8. The lowest BCUT2D eigenvalue weighted by atomic mass is 10.0. The normalized spacial score (nSPS) is 25.0. The first-order valence-electron chi connectivity index (χ1n) is 5.48. The van der Waals surface area contributed by atoms with Gasteiger partial charge in [0.2, 0.25) is 5.91 Å². The molecule has 1 atom stereocenters. The fraction of sp³-hybridized carbons (Fsp3) is 0.909. The molecule has 82 valence electrons. The van der Waals surface area contributed by atoms with Crippen LogP contribution in [0.3, 0.4) is 0 Å². The largest absolute Gasteiger partial charge is 0.336 e. The summed E-state index contributed by atoms with van der Waals surface area (Å²) in [7, 11) is 0. The maximum atomic E-state index is 11.8. The molecule has 1 unspecified atom stereocenters. The third-order valence-electron chi connectivity index (χ3n) is 3.23. The molecule has 1 amide bonds. The third kappa shape index (κ3) is 2.47. The quantitative estimate of drug-likeness (QED) is 0.728. The van der Waals surface area contributed by atoms with Crippen LogP contribution >= 0.6 is 0 Å². The van der Waals surface area contributed by atoms with E-state index in [-0.39, 0.29) is 11.4 Å². The van der Waals surface area contributed by atoms with Crippen molar-refractivity contribution in [3.05, 3.63) is 0 Å². The molecular formula is C11H22N2O. The molecule has 0 aromatic carbocycles. The van der Waals surface area contributed by atoms with Crippen LogP contribution in [0, 0.1) is 5.92 Å². The van der Waals surface area contributed by atoms with Crippen LogP contribution < -0.4 is 5.73 Å². The van der Waals surface area contributed by atoms with E-state index in [2.05, 4.69) is 6.92 Å². The smallest absolute Gasteiger partial charge is 0.223 e. The molecule has 0 radical (unpaired) electrons. The summed E-state index contributed by atoms with van der Waals surface area (Å²) in [6.07, 6.45) is 2.82. The monoisotopic (exact) mass is 198 g/mol. The molecule has 0 aromatic heterocycles. The molecule has 2 N–H and O–H groups in total. The maximum absolute atomic E-state index is 11.8.